The van der Waals surface area contributed by atoms with E-state index in [0.717, 1.165) is 17.1 Å². The van der Waals surface area contributed by atoms with Crippen LogP contribution in [0.3, 0.4) is 0 Å². The van der Waals surface area contributed by atoms with Crippen LogP contribution >= 0.6 is 23.6 Å². The number of thiophene rings is 1. The van der Waals surface area contributed by atoms with Crippen LogP contribution in [-0.4, -0.2) is 59.1 Å². The highest BCUT2D eigenvalue weighted by Crippen LogP contribution is 2.29. The number of ether oxygens (including phenoxy) is 2. The second-order valence-electron chi connectivity index (χ2n) is 7.44. The van der Waals surface area contributed by atoms with Crippen molar-refractivity contribution in [1.29, 1.82) is 0 Å². The van der Waals surface area contributed by atoms with Gasteiger partial charge in [0, 0.05) is 12.7 Å². The van der Waals surface area contributed by atoms with Crippen LogP contribution in [0.25, 0.3) is 10.6 Å². The lowest BCUT2D eigenvalue weighted by Crippen LogP contribution is -2.49. The summed E-state index contributed by atoms with van der Waals surface area (Å²) >= 11 is 7.05. The van der Waals surface area contributed by atoms with E-state index in [1.54, 1.807) is 17.5 Å². The number of hydrogen-bond acceptors (Lipinski definition) is 7. The van der Waals surface area contributed by atoms with Gasteiger partial charge in [-0.25, -0.2) is 9.97 Å². The topological polar surface area (TPSA) is 80.3 Å². The van der Waals surface area contributed by atoms with Crippen LogP contribution < -0.4 is 16.0 Å². The van der Waals surface area contributed by atoms with E-state index in [1.807, 2.05) is 17.5 Å². The molecule has 4 heterocycles. The van der Waals surface area contributed by atoms with Crippen LogP contribution in [-0.2, 0) is 9.47 Å². The fourth-order valence-corrected chi connectivity index (χ4v) is 4.35. The Labute approximate surface area is 174 Å². The van der Waals surface area contributed by atoms with Crippen molar-refractivity contribution >= 4 is 34.6 Å². The molecule has 7 nitrogen and oxygen atoms in total. The maximum atomic E-state index is 6.01. The summed E-state index contributed by atoms with van der Waals surface area (Å²) in [7, 11) is 0. The zero-order valence-corrected chi connectivity index (χ0v) is 17.6. The average molecular weight is 420 g/mol. The minimum Gasteiger partial charge on any atom is -0.371 e. The van der Waals surface area contributed by atoms with Crippen LogP contribution in [0.4, 0.5) is 5.95 Å². The summed E-state index contributed by atoms with van der Waals surface area (Å²) in [5.74, 6) is 1.13. The lowest BCUT2D eigenvalue weighted by Gasteiger charge is -2.20. The first-order chi connectivity index (χ1) is 13.6. The number of nitrogens with one attached hydrogen (secondary N) is 3. The third-order valence-corrected chi connectivity index (χ3v) is 5.94. The van der Waals surface area contributed by atoms with Gasteiger partial charge in [0.1, 0.15) is 12.2 Å². The van der Waals surface area contributed by atoms with E-state index in [1.165, 1.54) is 0 Å². The number of hydrogen-bond donors (Lipinski definition) is 3. The lowest BCUT2D eigenvalue weighted by molar-refractivity contribution is 0.0688. The predicted octanol–water partition coefficient (Wildman–Crippen LogP) is 2.27. The summed E-state index contributed by atoms with van der Waals surface area (Å²) in [6.45, 7) is 6.25. The Morgan fingerprint density at radius 3 is 2.79 bits per heavy atom. The third kappa shape index (κ3) is 4.43. The van der Waals surface area contributed by atoms with Gasteiger partial charge < -0.3 is 25.4 Å². The van der Waals surface area contributed by atoms with Gasteiger partial charge in [0.25, 0.3) is 0 Å². The largest absolute Gasteiger partial charge is 0.371 e. The SMILES string of the molecule is CC(C)CNC(=S)NC1COC2C(Nc3nccc(-c4cccs4)n3)COC12. The first-order valence-corrected chi connectivity index (χ1v) is 10.8. The van der Waals surface area contributed by atoms with E-state index in [2.05, 4.69) is 45.8 Å². The predicted molar refractivity (Wildman–Crippen MR) is 115 cm³/mol. The summed E-state index contributed by atoms with van der Waals surface area (Å²) in [5.41, 5.74) is 0.913. The quantitative estimate of drug-likeness (QED) is 0.616. The van der Waals surface area contributed by atoms with Crippen molar-refractivity contribution in [1.82, 2.24) is 20.6 Å². The molecular weight excluding hydrogens is 394 g/mol. The standard InChI is InChI=1S/C19H25N5O2S2/c1-11(2)8-21-19(27)24-14-10-26-16-13(9-25-17(14)16)23-18-20-6-5-12(22-18)15-4-3-7-28-15/h3-7,11,13-14,16-17H,8-10H2,1-2H3,(H,20,22,23)(H2,21,24,27). The number of aromatic nitrogens is 2. The molecule has 0 aromatic carbocycles. The molecule has 0 spiro atoms. The van der Waals surface area contributed by atoms with E-state index < -0.39 is 0 Å². The van der Waals surface area contributed by atoms with Gasteiger partial charge in [-0.1, -0.05) is 19.9 Å². The number of anilines is 1. The highest BCUT2D eigenvalue weighted by Gasteiger charge is 2.48. The van der Waals surface area contributed by atoms with Gasteiger partial charge in [0.15, 0.2) is 5.11 Å². The second kappa shape index (κ2) is 8.69. The molecule has 2 aromatic heterocycles. The summed E-state index contributed by atoms with van der Waals surface area (Å²) in [5, 5.41) is 12.6. The Bertz CT molecular complexity index is 801. The molecule has 2 fully saturated rings. The molecule has 150 valence electrons. The van der Waals surface area contributed by atoms with Gasteiger partial charge >= 0.3 is 0 Å². The van der Waals surface area contributed by atoms with Crippen LogP contribution in [0.5, 0.6) is 0 Å². The van der Waals surface area contributed by atoms with Crippen LogP contribution in [0.1, 0.15) is 13.8 Å². The van der Waals surface area contributed by atoms with E-state index in [9.17, 15) is 0 Å². The van der Waals surface area contributed by atoms with Gasteiger partial charge in [0.2, 0.25) is 5.95 Å². The van der Waals surface area contributed by atoms with Crippen LogP contribution in [0, 0.1) is 5.92 Å². The van der Waals surface area contributed by atoms with Crippen molar-refractivity contribution in [3.05, 3.63) is 29.8 Å². The number of fused-ring (bicyclic) bond motifs is 1. The van der Waals surface area contributed by atoms with Crippen molar-refractivity contribution in [3.63, 3.8) is 0 Å². The monoisotopic (exact) mass is 419 g/mol. The van der Waals surface area contributed by atoms with Crippen molar-refractivity contribution in [2.24, 2.45) is 5.92 Å². The smallest absolute Gasteiger partial charge is 0.223 e. The molecule has 28 heavy (non-hydrogen) atoms. The zero-order chi connectivity index (χ0) is 19.5. The van der Waals surface area contributed by atoms with E-state index in [0.29, 0.717) is 30.2 Å². The summed E-state index contributed by atoms with van der Waals surface area (Å²) < 4.78 is 12.0. The maximum Gasteiger partial charge on any atom is 0.223 e. The molecule has 0 aliphatic carbocycles. The number of nitrogens with zero attached hydrogens (tertiary/aromatic N) is 2. The van der Waals surface area contributed by atoms with Crippen LogP contribution in [0.15, 0.2) is 29.8 Å². The maximum absolute atomic E-state index is 6.01. The molecular formula is C19H25N5O2S2. The van der Waals surface area contributed by atoms with Crippen molar-refractivity contribution in [2.45, 2.75) is 38.1 Å². The minimum atomic E-state index is -0.0561. The first-order valence-electron chi connectivity index (χ1n) is 9.51. The summed E-state index contributed by atoms with van der Waals surface area (Å²) in [6, 6.07) is 6.04. The molecule has 0 saturated carbocycles. The molecule has 4 rings (SSSR count). The van der Waals surface area contributed by atoms with E-state index >= 15 is 0 Å². The molecule has 2 saturated heterocycles. The van der Waals surface area contributed by atoms with Crippen LogP contribution in [0.2, 0.25) is 0 Å². The fraction of sp³-hybridized carbons (Fsp3) is 0.526. The minimum absolute atomic E-state index is 0.00702. The highest BCUT2D eigenvalue weighted by molar-refractivity contribution is 7.80. The Hall–Kier alpha value is -1.81. The van der Waals surface area contributed by atoms with Gasteiger partial charge in [0.05, 0.1) is 35.9 Å². The van der Waals surface area contributed by atoms with Crippen molar-refractivity contribution in [2.75, 3.05) is 25.1 Å². The molecule has 2 aliphatic heterocycles. The number of rotatable bonds is 6. The Morgan fingerprint density at radius 1 is 1.25 bits per heavy atom. The summed E-state index contributed by atoms with van der Waals surface area (Å²) in [6.07, 6.45) is 1.67. The van der Waals surface area contributed by atoms with Gasteiger partial charge in [-0.05, 0) is 35.6 Å². The molecule has 0 radical (unpaired) electrons. The first kappa shape index (κ1) is 19.5. The third-order valence-electron chi connectivity index (χ3n) is 4.78. The molecule has 3 N–H and O–H groups in total. The van der Waals surface area contributed by atoms with Gasteiger partial charge in [-0.2, -0.15) is 0 Å². The Balaban J connectivity index is 1.35. The van der Waals surface area contributed by atoms with Crippen molar-refractivity contribution < 1.29 is 9.47 Å². The van der Waals surface area contributed by atoms with E-state index in [4.69, 9.17) is 21.7 Å². The Kier molecular flexibility index (Phi) is 6.05. The Morgan fingerprint density at radius 2 is 2.04 bits per heavy atom. The van der Waals surface area contributed by atoms with Crippen molar-refractivity contribution in [3.8, 4) is 10.6 Å². The number of thiocarbonyl (C=S) groups is 1. The van der Waals surface area contributed by atoms with Gasteiger partial charge in [-0.3, -0.25) is 0 Å². The lowest BCUT2D eigenvalue weighted by atomic mass is 10.1. The fourth-order valence-electron chi connectivity index (χ4n) is 3.42. The zero-order valence-electron chi connectivity index (χ0n) is 15.9. The molecule has 4 unspecified atom stereocenters. The molecule has 0 amide bonds. The molecule has 2 aliphatic rings. The normalized spacial score (nSPS) is 26.2. The molecule has 0 bridgehead atoms. The molecule has 4 atom stereocenters. The second-order valence-corrected chi connectivity index (χ2v) is 8.80. The molecule has 9 heteroatoms. The van der Waals surface area contributed by atoms with Gasteiger partial charge in [-0.15, -0.1) is 11.3 Å². The highest BCUT2D eigenvalue weighted by atomic mass is 32.1. The average Bonchev–Trinajstić information content (AvgIpc) is 3.41. The van der Waals surface area contributed by atoms with E-state index in [-0.39, 0.29) is 24.3 Å². The summed E-state index contributed by atoms with van der Waals surface area (Å²) in [4.78, 5) is 10.1. The molecule has 2 aromatic rings.